The predicted octanol–water partition coefficient (Wildman–Crippen LogP) is 2.62. The molecule has 1 unspecified atom stereocenters. The van der Waals surface area contributed by atoms with Gasteiger partial charge in [-0.2, -0.15) is 0 Å². The lowest BCUT2D eigenvalue weighted by Gasteiger charge is -2.44. The molecule has 8 heteroatoms. The summed E-state index contributed by atoms with van der Waals surface area (Å²) in [7, 11) is 3.51. The van der Waals surface area contributed by atoms with E-state index in [4.69, 9.17) is 24.7 Å². The minimum atomic E-state index is -0.726. The molecule has 2 aliphatic heterocycles. The highest BCUT2D eigenvalue weighted by Crippen LogP contribution is 2.43. The van der Waals surface area contributed by atoms with Gasteiger partial charge in [0.05, 0.1) is 35.7 Å². The van der Waals surface area contributed by atoms with Gasteiger partial charge in [0.2, 0.25) is 5.43 Å². The molecular weight excluding hydrogens is 436 g/mol. The lowest BCUT2D eigenvalue weighted by atomic mass is 9.88. The van der Waals surface area contributed by atoms with Crippen molar-refractivity contribution in [3.8, 4) is 11.5 Å². The number of para-hydroxylation sites is 1. The lowest BCUT2D eigenvalue weighted by molar-refractivity contribution is -0.258. The standard InChI is InChI=1S/C26H32N2O6/c1-13-24(29)16(27)11-21(32-13)33-20-10-15-18(34-26(20,2)3)12-19(31-5)22-23(15)28(4)17-9-7-6-8-14(17)25(22)30/h6-9,12-13,16,20-21,24,29H,10-11,27H2,1-5H3/t13-,16-,20?,21-,24-/m0/s1. The van der Waals surface area contributed by atoms with Crippen molar-refractivity contribution in [3.05, 3.63) is 46.1 Å². The fourth-order valence-electron chi connectivity index (χ4n) is 5.26. The first-order valence-corrected chi connectivity index (χ1v) is 11.7. The van der Waals surface area contributed by atoms with Crippen molar-refractivity contribution in [2.75, 3.05) is 7.11 Å². The van der Waals surface area contributed by atoms with Crippen LogP contribution in [0, 0.1) is 0 Å². The molecule has 2 aromatic carbocycles. The molecule has 0 spiro atoms. The molecule has 8 nitrogen and oxygen atoms in total. The van der Waals surface area contributed by atoms with E-state index >= 15 is 0 Å². The van der Waals surface area contributed by atoms with Crippen molar-refractivity contribution in [2.45, 2.75) is 69.9 Å². The molecule has 3 heterocycles. The molecule has 1 fully saturated rings. The quantitative estimate of drug-likeness (QED) is 0.570. The van der Waals surface area contributed by atoms with E-state index in [0.717, 1.165) is 16.6 Å². The maximum Gasteiger partial charge on any atom is 0.200 e. The SMILES string of the molecule is COc1cc2c(c3c1c(=O)c1ccccc1n3C)CC(O[C@H]1C[C@H](N)[C@@H](O)[C@H](C)O1)C(C)(C)O2. The number of aryl methyl sites for hydroxylation is 1. The minimum Gasteiger partial charge on any atom is -0.496 e. The van der Waals surface area contributed by atoms with Gasteiger partial charge in [-0.3, -0.25) is 4.79 Å². The van der Waals surface area contributed by atoms with Gasteiger partial charge in [-0.25, -0.2) is 0 Å². The lowest BCUT2D eigenvalue weighted by Crippen LogP contribution is -2.55. The van der Waals surface area contributed by atoms with Gasteiger partial charge in [-0.05, 0) is 32.9 Å². The van der Waals surface area contributed by atoms with Gasteiger partial charge in [0.25, 0.3) is 0 Å². The third-order valence-electron chi connectivity index (χ3n) is 7.23. The van der Waals surface area contributed by atoms with Crippen LogP contribution in [0.25, 0.3) is 21.8 Å². The first-order chi connectivity index (χ1) is 16.1. The molecule has 1 aromatic heterocycles. The van der Waals surface area contributed by atoms with E-state index in [1.807, 2.05) is 49.7 Å². The smallest absolute Gasteiger partial charge is 0.200 e. The van der Waals surface area contributed by atoms with Crippen LogP contribution in [0.5, 0.6) is 11.5 Å². The summed E-state index contributed by atoms with van der Waals surface area (Å²) in [6.07, 6.45) is -1.17. The Morgan fingerprint density at radius 1 is 1.26 bits per heavy atom. The highest BCUT2D eigenvalue weighted by atomic mass is 16.7. The number of aliphatic hydroxyl groups excluding tert-OH is 1. The number of benzene rings is 2. The Morgan fingerprint density at radius 3 is 2.71 bits per heavy atom. The van der Waals surface area contributed by atoms with Gasteiger partial charge < -0.3 is 34.4 Å². The van der Waals surface area contributed by atoms with Crippen LogP contribution in [0.2, 0.25) is 0 Å². The number of pyridine rings is 1. The predicted molar refractivity (Wildman–Crippen MR) is 129 cm³/mol. The number of fused-ring (bicyclic) bond motifs is 4. The Kier molecular flexibility index (Phi) is 5.60. The normalized spacial score (nSPS) is 28.5. The molecule has 0 saturated carbocycles. The highest BCUT2D eigenvalue weighted by Gasteiger charge is 2.43. The third kappa shape index (κ3) is 3.56. The van der Waals surface area contributed by atoms with Crippen LogP contribution in [-0.4, -0.2) is 53.0 Å². The van der Waals surface area contributed by atoms with Crippen LogP contribution >= 0.6 is 0 Å². The van der Waals surface area contributed by atoms with Gasteiger partial charge in [0, 0.05) is 42.9 Å². The largest absolute Gasteiger partial charge is 0.496 e. The number of hydrogen-bond acceptors (Lipinski definition) is 7. The Hall–Kier alpha value is -2.65. The molecule has 0 amide bonds. The average Bonchev–Trinajstić information content (AvgIpc) is 2.80. The van der Waals surface area contributed by atoms with E-state index in [1.54, 1.807) is 20.1 Å². The van der Waals surface area contributed by atoms with Crippen molar-refractivity contribution in [2.24, 2.45) is 12.8 Å². The maximum atomic E-state index is 13.5. The van der Waals surface area contributed by atoms with Crippen LogP contribution in [-0.2, 0) is 22.9 Å². The van der Waals surface area contributed by atoms with Gasteiger partial charge in [0.1, 0.15) is 23.2 Å². The molecule has 0 aliphatic carbocycles. The summed E-state index contributed by atoms with van der Waals surface area (Å²) in [6.45, 7) is 5.73. The summed E-state index contributed by atoms with van der Waals surface area (Å²) in [6, 6.07) is 8.94. The zero-order valence-electron chi connectivity index (χ0n) is 20.2. The zero-order valence-corrected chi connectivity index (χ0v) is 20.2. The molecule has 2 aliphatic rings. The van der Waals surface area contributed by atoms with Gasteiger partial charge in [0.15, 0.2) is 6.29 Å². The van der Waals surface area contributed by atoms with E-state index < -0.39 is 30.1 Å². The maximum absolute atomic E-state index is 13.5. The molecule has 1 saturated heterocycles. The molecule has 3 N–H and O–H groups in total. The van der Waals surface area contributed by atoms with E-state index in [2.05, 4.69) is 0 Å². The van der Waals surface area contributed by atoms with Crippen molar-refractivity contribution in [3.63, 3.8) is 0 Å². The number of ether oxygens (including phenoxy) is 4. The highest BCUT2D eigenvalue weighted by molar-refractivity contribution is 5.99. The fourth-order valence-corrected chi connectivity index (χ4v) is 5.26. The molecule has 182 valence electrons. The van der Waals surface area contributed by atoms with Gasteiger partial charge >= 0.3 is 0 Å². The Balaban J connectivity index is 1.63. The number of aromatic nitrogens is 1. The number of methoxy groups -OCH3 is 1. The van der Waals surface area contributed by atoms with Crippen LogP contribution in [0.1, 0.15) is 32.8 Å². The van der Waals surface area contributed by atoms with E-state index in [1.165, 1.54) is 0 Å². The first-order valence-electron chi connectivity index (χ1n) is 11.7. The van der Waals surface area contributed by atoms with Crippen LogP contribution in [0.4, 0.5) is 0 Å². The van der Waals surface area contributed by atoms with E-state index in [9.17, 15) is 9.90 Å². The summed E-state index contributed by atoms with van der Waals surface area (Å²) < 4.78 is 26.4. The summed E-state index contributed by atoms with van der Waals surface area (Å²) in [5.74, 6) is 1.16. The van der Waals surface area contributed by atoms with Crippen LogP contribution < -0.4 is 20.6 Å². The summed E-state index contributed by atoms with van der Waals surface area (Å²) in [4.78, 5) is 13.5. The number of rotatable bonds is 3. The Morgan fingerprint density at radius 2 is 2.00 bits per heavy atom. The van der Waals surface area contributed by atoms with Gasteiger partial charge in [-0.15, -0.1) is 0 Å². The molecule has 34 heavy (non-hydrogen) atoms. The number of nitrogens with zero attached hydrogens (tertiary/aromatic N) is 1. The fraction of sp³-hybridized carbons (Fsp3) is 0.500. The molecule has 5 rings (SSSR count). The van der Waals surface area contributed by atoms with Gasteiger partial charge in [-0.1, -0.05) is 12.1 Å². The number of nitrogens with two attached hydrogens (primary N) is 1. The van der Waals surface area contributed by atoms with E-state index in [0.29, 0.717) is 35.1 Å². The van der Waals surface area contributed by atoms with E-state index in [-0.39, 0.29) is 11.5 Å². The van der Waals surface area contributed by atoms with Crippen LogP contribution in [0.3, 0.4) is 0 Å². The molecular formula is C26H32N2O6. The topological polar surface area (TPSA) is 105 Å². The third-order valence-corrected chi connectivity index (χ3v) is 7.23. The molecule has 0 bridgehead atoms. The van der Waals surface area contributed by atoms with Crippen molar-refractivity contribution in [1.82, 2.24) is 4.57 Å². The molecule has 3 aromatic rings. The molecule has 0 radical (unpaired) electrons. The number of aliphatic hydroxyl groups is 1. The Bertz CT molecular complexity index is 1300. The Labute approximate surface area is 198 Å². The second-order valence-electron chi connectivity index (χ2n) is 9.88. The van der Waals surface area contributed by atoms with Crippen molar-refractivity contribution >= 4 is 21.8 Å². The zero-order chi connectivity index (χ0) is 24.4. The summed E-state index contributed by atoms with van der Waals surface area (Å²) in [5.41, 5.74) is 7.86. The monoisotopic (exact) mass is 468 g/mol. The average molecular weight is 469 g/mol. The van der Waals surface area contributed by atoms with Crippen molar-refractivity contribution < 1.29 is 24.1 Å². The minimum absolute atomic E-state index is 0.0740. The van der Waals surface area contributed by atoms with Crippen molar-refractivity contribution in [1.29, 1.82) is 0 Å². The second-order valence-corrected chi connectivity index (χ2v) is 9.88. The number of hydrogen-bond donors (Lipinski definition) is 2. The first kappa shape index (κ1) is 23.1. The summed E-state index contributed by atoms with van der Waals surface area (Å²) in [5, 5.41) is 11.3. The van der Waals surface area contributed by atoms with Crippen LogP contribution in [0.15, 0.2) is 35.1 Å². The summed E-state index contributed by atoms with van der Waals surface area (Å²) >= 11 is 0. The second kappa shape index (κ2) is 8.23. The molecule has 5 atom stereocenters.